The van der Waals surface area contributed by atoms with Crippen LogP contribution in [0.2, 0.25) is 0 Å². The molecule has 0 aliphatic rings. The Kier molecular flexibility index (Phi) is 6.45. The Morgan fingerprint density at radius 2 is 1.75 bits per heavy atom. The zero-order valence-corrected chi connectivity index (χ0v) is 9.14. The van der Waals surface area contributed by atoms with Gasteiger partial charge in [0.15, 0.2) is 0 Å². The minimum Gasteiger partial charge on any atom is -0.328 e. The number of nitrogens with two attached hydrogens (primary N) is 1. The molecular formula is C11H25N. The molecule has 0 aromatic rings. The molecule has 1 heteroatoms. The van der Waals surface area contributed by atoms with Crippen LogP contribution in [0.3, 0.4) is 0 Å². The second kappa shape index (κ2) is 6.47. The SMILES string of the molecule is CCCCC(C)C(CC)C(C)N. The number of unbranched alkanes of at least 4 members (excludes halogenated alkanes) is 1. The summed E-state index contributed by atoms with van der Waals surface area (Å²) < 4.78 is 0. The summed E-state index contributed by atoms with van der Waals surface area (Å²) in [4.78, 5) is 0. The van der Waals surface area contributed by atoms with E-state index in [4.69, 9.17) is 5.73 Å². The van der Waals surface area contributed by atoms with Gasteiger partial charge >= 0.3 is 0 Å². The van der Waals surface area contributed by atoms with E-state index in [-0.39, 0.29) is 0 Å². The van der Waals surface area contributed by atoms with Crippen LogP contribution in [0.1, 0.15) is 53.4 Å². The molecule has 0 spiro atoms. The summed E-state index contributed by atoms with van der Waals surface area (Å²) in [6.07, 6.45) is 5.23. The van der Waals surface area contributed by atoms with E-state index in [0.717, 1.165) is 11.8 Å². The summed E-state index contributed by atoms with van der Waals surface area (Å²) in [6.45, 7) is 8.97. The van der Waals surface area contributed by atoms with Crippen molar-refractivity contribution in [2.24, 2.45) is 17.6 Å². The van der Waals surface area contributed by atoms with Crippen LogP contribution in [0, 0.1) is 11.8 Å². The molecule has 1 nitrogen and oxygen atoms in total. The first kappa shape index (κ1) is 12.0. The smallest absolute Gasteiger partial charge is 0.00412 e. The van der Waals surface area contributed by atoms with Gasteiger partial charge in [0.1, 0.15) is 0 Å². The van der Waals surface area contributed by atoms with E-state index < -0.39 is 0 Å². The Hall–Kier alpha value is -0.0400. The van der Waals surface area contributed by atoms with Crippen molar-refractivity contribution < 1.29 is 0 Å². The first-order chi connectivity index (χ1) is 5.63. The molecule has 0 saturated carbocycles. The van der Waals surface area contributed by atoms with Gasteiger partial charge in [-0.25, -0.2) is 0 Å². The molecule has 0 aliphatic carbocycles. The summed E-state index contributed by atoms with van der Waals surface area (Å²) in [5.41, 5.74) is 5.92. The molecule has 0 bridgehead atoms. The van der Waals surface area contributed by atoms with Crippen molar-refractivity contribution in [3.05, 3.63) is 0 Å². The van der Waals surface area contributed by atoms with Crippen LogP contribution in [0.4, 0.5) is 0 Å². The molecule has 0 heterocycles. The van der Waals surface area contributed by atoms with E-state index in [1.54, 1.807) is 0 Å². The molecule has 3 atom stereocenters. The van der Waals surface area contributed by atoms with Crippen LogP contribution >= 0.6 is 0 Å². The molecule has 0 aromatic carbocycles. The summed E-state index contributed by atoms with van der Waals surface area (Å²) >= 11 is 0. The van der Waals surface area contributed by atoms with Gasteiger partial charge in [0.2, 0.25) is 0 Å². The molecule has 0 saturated heterocycles. The molecule has 0 aliphatic heterocycles. The first-order valence-electron chi connectivity index (χ1n) is 5.39. The highest BCUT2D eigenvalue weighted by atomic mass is 14.6. The Bertz CT molecular complexity index is 99.2. The van der Waals surface area contributed by atoms with Gasteiger partial charge in [-0.1, -0.05) is 46.5 Å². The second-order valence-electron chi connectivity index (χ2n) is 4.05. The lowest BCUT2D eigenvalue weighted by molar-refractivity contribution is 0.281. The predicted molar refractivity (Wildman–Crippen MR) is 56.1 cm³/mol. The largest absolute Gasteiger partial charge is 0.328 e. The van der Waals surface area contributed by atoms with Gasteiger partial charge in [-0.15, -0.1) is 0 Å². The third-order valence-corrected chi connectivity index (χ3v) is 2.89. The maximum atomic E-state index is 5.92. The lowest BCUT2D eigenvalue weighted by atomic mass is 9.83. The van der Waals surface area contributed by atoms with E-state index in [1.165, 1.54) is 25.7 Å². The average Bonchev–Trinajstić information content (AvgIpc) is 2.01. The van der Waals surface area contributed by atoms with Crippen LogP contribution in [0.25, 0.3) is 0 Å². The van der Waals surface area contributed by atoms with E-state index in [2.05, 4.69) is 27.7 Å². The number of hydrogen-bond acceptors (Lipinski definition) is 1. The van der Waals surface area contributed by atoms with E-state index >= 15 is 0 Å². The van der Waals surface area contributed by atoms with Gasteiger partial charge in [-0.3, -0.25) is 0 Å². The summed E-state index contributed by atoms with van der Waals surface area (Å²) in [5.74, 6) is 1.52. The highest BCUT2D eigenvalue weighted by molar-refractivity contribution is 4.72. The van der Waals surface area contributed by atoms with Crippen LogP contribution in [-0.2, 0) is 0 Å². The Labute approximate surface area is 77.7 Å². The number of rotatable bonds is 6. The second-order valence-corrected chi connectivity index (χ2v) is 4.05. The Morgan fingerprint density at radius 3 is 2.08 bits per heavy atom. The third-order valence-electron chi connectivity index (χ3n) is 2.89. The topological polar surface area (TPSA) is 26.0 Å². The molecule has 0 aromatic heterocycles. The molecule has 0 amide bonds. The van der Waals surface area contributed by atoms with Crippen molar-refractivity contribution in [1.82, 2.24) is 0 Å². The molecule has 0 rings (SSSR count). The van der Waals surface area contributed by atoms with Crippen molar-refractivity contribution in [3.63, 3.8) is 0 Å². The normalized spacial score (nSPS) is 18.8. The number of hydrogen-bond donors (Lipinski definition) is 1. The summed E-state index contributed by atoms with van der Waals surface area (Å²) in [7, 11) is 0. The van der Waals surface area contributed by atoms with Gasteiger partial charge < -0.3 is 5.73 Å². The molecule has 3 unspecified atom stereocenters. The minimum atomic E-state index is 0.363. The van der Waals surface area contributed by atoms with Gasteiger partial charge in [0.25, 0.3) is 0 Å². The highest BCUT2D eigenvalue weighted by Gasteiger charge is 2.18. The van der Waals surface area contributed by atoms with Crippen LogP contribution in [0.5, 0.6) is 0 Å². The molecule has 12 heavy (non-hydrogen) atoms. The maximum absolute atomic E-state index is 5.92. The van der Waals surface area contributed by atoms with Crippen molar-refractivity contribution in [2.45, 2.75) is 59.4 Å². The van der Waals surface area contributed by atoms with E-state index in [9.17, 15) is 0 Å². The average molecular weight is 171 g/mol. The molecule has 0 fully saturated rings. The molecular weight excluding hydrogens is 146 g/mol. The molecule has 2 N–H and O–H groups in total. The van der Waals surface area contributed by atoms with Crippen molar-refractivity contribution in [3.8, 4) is 0 Å². The van der Waals surface area contributed by atoms with Crippen molar-refractivity contribution in [2.75, 3.05) is 0 Å². The summed E-state index contributed by atoms with van der Waals surface area (Å²) in [5, 5.41) is 0. The fourth-order valence-corrected chi connectivity index (χ4v) is 2.03. The minimum absolute atomic E-state index is 0.363. The van der Waals surface area contributed by atoms with E-state index in [0.29, 0.717) is 6.04 Å². The fourth-order valence-electron chi connectivity index (χ4n) is 2.03. The predicted octanol–water partition coefficient (Wildman–Crippen LogP) is 3.19. The van der Waals surface area contributed by atoms with E-state index in [1.807, 2.05) is 0 Å². The van der Waals surface area contributed by atoms with Crippen LogP contribution in [0.15, 0.2) is 0 Å². The first-order valence-corrected chi connectivity index (χ1v) is 5.39. The van der Waals surface area contributed by atoms with Gasteiger partial charge in [-0.2, -0.15) is 0 Å². The summed E-state index contributed by atoms with van der Waals surface area (Å²) in [6, 6.07) is 0.363. The van der Waals surface area contributed by atoms with Crippen molar-refractivity contribution in [1.29, 1.82) is 0 Å². The Morgan fingerprint density at radius 1 is 1.17 bits per heavy atom. The van der Waals surface area contributed by atoms with Gasteiger partial charge in [-0.05, 0) is 18.8 Å². The highest BCUT2D eigenvalue weighted by Crippen LogP contribution is 2.23. The standard InChI is InChI=1S/C11H25N/c1-5-7-8-9(3)11(6-2)10(4)12/h9-11H,5-8,12H2,1-4H3. The van der Waals surface area contributed by atoms with Crippen LogP contribution < -0.4 is 5.73 Å². The fraction of sp³-hybridized carbons (Fsp3) is 1.00. The zero-order chi connectivity index (χ0) is 9.56. The Balaban J connectivity index is 3.77. The lowest BCUT2D eigenvalue weighted by Crippen LogP contribution is -2.30. The maximum Gasteiger partial charge on any atom is 0.00412 e. The molecule has 0 radical (unpaired) electrons. The third kappa shape index (κ3) is 4.10. The van der Waals surface area contributed by atoms with Gasteiger partial charge in [0, 0.05) is 6.04 Å². The zero-order valence-electron chi connectivity index (χ0n) is 9.14. The van der Waals surface area contributed by atoms with Crippen molar-refractivity contribution >= 4 is 0 Å². The lowest BCUT2D eigenvalue weighted by Gasteiger charge is -2.25. The van der Waals surface area contributed by atoms with Crippen LogP contribution in [-0.4, -0.2) is 6.04 Å². The quantitative estimate of drug-likeness (QED) is 0.652. The van der Waals surface area contributed by atoms with Gasteiger partial charge in [0.05, 0.1) is 0 Å². The monoisotopic (exact) mass is 171 g/mol. The molecule has 74 valence electrons.